The second-order valence-electron chi connectivity index (χ2n) is 15.3. The van der Waals surface area contributed by atoms with Crippen molar-refractivity contribution in [2.45, 2.75) is 0 Å². The molecule has 0 saturated heterocycles. The first-order chi connectivity index (χ1) is 30.3. The molecule has 1 aromatic heterocycles. The molecule has 3 nitrogen and oxygen atoms in total. The van der Waals surface area contributed by atoms with Gasteiger partial charge in [-0.3, -0.25) is 0 Å². The van der Waals surface area contributed by atoms with Crippen molar-refractivity contribution in [2.24, 2.45) is 0 Å². The van der Waals surface area contributed by atoms with Crippen LogP contribution in [0.4, 0.5) is 17.1 Å². The zero-order valence-electron chi connectivity index (χ0n) is 33.3. The summed E-state index contributed by atoms with van der Waals surface area (Å²) in [5, 5.41) is 8.42. The van der Waals surface area contributed by atoms with E-state index in [-0.39, 0.29) is 0 Å². The Kier molecular flexibility index (Phi) is 9.38. The number of para-hydroxylation sites is 1. The van der Waals surface area contributed by atoms with Crippen LogP contribution < -0.4 is 20.5 Å². The van der Waals surface area contributed by atoms with Crippen LogP contribution in [0.3, 0.4) is 0 Å². The summed E-state index contributed by atoms with van der Waals surface area (Å²) in [6.45, 7) is 0. The lowest BCUT2D eigenvalue weighted by Crippen LogP contribution is -2.51. The Bertz CT molecular complexity index is 3270. The summed E-state index contributed by atoms with van der Waals surface area (Å²) in [6.07, 6.45) is 0. The lowest BCUT2D eigenvalue weighted by molar-refractivity contribution is 0.623. The van der Waals surface area contributed by atoms with Crippen LogP contribution in [0.2, 0.25) is 0 Å². The summed E-state index contributed by atoms with van der Waals surface area (Å²) in [4.78, 5) is 7.42. The largest absolute Gasteiger partial charge is 0.435 e. The fourth-order valence-electron chi connectivity index (χ4n) is 8.77. The normalized spacial score (nSPS) is 11.4. The van der Waals surface area contributed by atoms with Crippen molar-refractivity contribution in [3.05, 3.63) is 237 Å². The van der Waals surface area contributed by atoms with E-state index < -0.39 is 8.80 Å². The molecule has 1 heterocycles. The number of aromatic nitrogens is 1. The van der Waals surface area contributed by atoms with Gasteiger partial charge in [0, 0.05) is 27.9 Å². The third-order valence-corrected chi connectivity index (χ3v) is 14.3. The molecule has 0 aliphatic rings. The highest BCUT2D eigenvalue weighted by Crippen LogP contribution is 2.45. The van der Waals surface area contributed by atoms with Crippen LogP contribution in [0.25, 0.3) is 66.4 Å². The zero-order valence-corrected chi connectivity index (χ0v) is 34.3. The number of hydrogen-bond donors (Lipinski definition) is 0. The van der Waals surface area contributed by atoms with Crippen molar-refractivity contribution >= 4 is 74.1 Å². The number of fused-ring (bicyclic) bond motifs is 5. The molecule has 0 unspecified atom stereocenters. The molecule has 61 heavy (non-hydrogen) atoms. The third-order valence-electron chi connectivity index (χ3n) is 11.6. The van der Waals surface area contributed by atoms with Gasteiger partial charge in [0.1, 0.15) is 5.52 Å². The molecular formula is C57H39N2OSi. The highest BCUT2D eigenvalue weighted by Gasteiger charge is 2.24. The smallest absolute Gasteiger partial charge is 0.227 e. The monoisotopic (exact) mass is 795 g/mol. The van der Waals surface area contributed by atoms with E-state index in [1.54, 1.807) is 0 Å². The van der Waals surface area contributed by atoms with Gasteiger partial charge in [0.05, 0.1) is 5.69 Å². The number of anilines is 3. The van der Waals surface area contributed by atoms with Crippen LogP contribution in [0.15, 0.2) is 241 Å². The van der Waals surface area contributed by atoms with Crippen LogP contribution in [0, 0.1) is 0 Å². The van der Waals surface area contributed by atoms with Gasteiger partial charge in [-0.1, -0.05) is 198 Å². The van der Waals surface area contributed by atoms with E-state index >= 15 is 0 Å². The van der Waals surface area contributed by atoms with Crippen LogP contribution in [0.1, 0.15) is 0 Å². The molecule has 0 fully saturated rings. The van der Waals surface area contributed by atoms with Crippen LogP contribution >= 0.6 is 0 Å². The Morgan fingerprint density at radius 2 is 0.934 bits per heavy atom. The van der Waals surface area contributed by atoms with Gasteiger partial charge in [0.2, 0.25) is 5.89 Å². The van der Waals surface area contributed by atoms with Crippen LogP contribution in [-0.4, -0.2) is 13.8 Å². The van der Waals surface area contributed by atoms with Gasteiger partial charge in [-0.25, -0.2) is 4.98 Å². The molecule has 287 valence electrons. The molecule has 0 N–H and O–H groups in total. The first-order valence-corrected chi connectivity index (χ1v) is 22.2. The number of hydrogen-bond acceptors (Lipinski definition) is 3. The van der Waals surface area contributed by atoms with Crippen molar-refractivity contribution in [2.75, 3.05) is 4.90 Å². The van der Waals surface area contributed by atoms with E-state index in [0.29, 0.717) is 5.89 Å². The second-order valence-corrected chi connectivity index (χ2v) is 17.8. The van der Waals surface area contributed by atoms with E-state index in [4.69, 9.17) is 9.40 Å². The Morgan fingerprint density at radius 1 is 0.393 bits per heavy atom. The molecule has 0 saturated carbocycles. The fourth-order valence-corrected chi connectivity index (χ4v) is 11.4. The van der Waals surface area contributed by atoms with Crippen molar-refractivity contribution in [1.82, 2.24) is 4.98 Å². The zero-order chi connectivity index (χ0) is 40.5. The Hall–Kier alpha value is -7.79. The fraction of sp³-hybridized carbons (Fsp3) is 0. The predicted octanol–water partition coefficient (Wildman–Crippen LogP) is 13.1. The maximum absolute atomic E-state index is 6.68. The first kappa shape index (κ1) is 36.3. The van der Waals surface area contributed by atoms with Gasteiger partial charge in [-0.15, -0.1) is 0 Å². The first-order valence-electron chi connectivity index (χ1n) is 20.7. The topological polar surface area (TPSA) is 29.3 Å². The standard InChI is InChI=1S/C57H39N2OSi/c1-5-18-40(19-6-1)49-28-13-14-29-50(49)51-30-15-16-31-54(51)59(44-22-17-27-48(38-44)61(46-23-9-3-10-24-46)47-25-11-4-12-26-47)45-36-34-41-32-33-42-35-37-53-56(55(42)52(41)39-45)60-57(58-53)43-20-7-2-8-21-43/h1-39H. The van der Waals surface area contributed by atoms with Gasteiger partial charge in [-0.2, -0.15) is 0 Å². The Labute approximate surface area is 357 Å². The maximum Gasteiger partial charge on any atom is 0.227 e. The molecule has 11 aromatic rings. The molecule has 1 radical (unpaired) electrons. The molecule has 10 aromatic carbocycles. The number of nitrogens with zero attached hydrogens (tertiary/aromatic N) is 2. The third kappa shape index (κ3) is 6.79. The van der Waals surface area contributed by atoms with Crippen molar-refractivity contribution < 1.29 is 4.42 Å². The Balaban J connectivity index is 1.16. The lowest BCUT2D eigenvalue weighted by atomic mass is 9.93. The van der Waals surface area contributed by atoms with E-state index in [1.807, 2.05) is 30.3 Å². The molecule has 4 heteroatoms. The summed E-state index contributed by atoms with van der Waals surface area (Å²) >= 11 is 0. The highest BCUT2D eigenvalue weighted by atomic mass is 28.3. The second kappa shape index (κ2) is 15.8. The summed E-state index contributed by atoms with van der Waals surface area (Å²) in [6, 6.07) is 85.1. The molecule has 0 spiro atoms. The quantitative estimate of drug-likeness (QED) is 0.0828. The van der Waals surface area contributed by atoms with E-state index in [2.05, 4.69) is 211 Å². The van der Waals surface area contributed by atoms with Gasteiger partial charge >= 0.3 is 0 Å². The predicted molar refractivity (Wildman–Crippen MR) is 258 cm³/mol. The molecule has 0 amide bonds. The van der Waals surface area contributed by atoms with Gasteiger partial charge in [0.15, 0.2) is 14.4 Å². The van der Waals surface area contributed by atoms with Crippen molar-refractivity contribution in [3.8, 4) is 33.7 Å². The minimum absolute atomic E-state index is 0.621. The summed E-state index contributed by atoms with van der Waals surface area (Å²) in [5.41, 5.74) is 10.5. The summed E-state index contributed by atoms with van der Waals surface area (Å²) in [7, 11) is -1.35. The average molecular weight is 796 g/mol. The average Bonchev–Trinajstić information content (AvgIpc) is 3.78. The minimum atomic E-state index is -1.35. The Morgan fingerprint density at radius 3 is 1.66 bits per heavy atom. The van der Waals surface area contributed by atoms with Gasteiger partial charge in [-0.05, 0) is 86.6 Å². The molecular weight excluding hydrogens is 757 g/mol. The van der Waals surface area contributed by atoms with Crippen molar-refractivity contribution in [1.29, 1.82) is 0 Å². The minimum Gasteiger partial charge on any atom is -0.435 e. The molecule has 0 bridgehead atoms. The van der Waals surface area contributed by atoms with E-state index in [1.165, 1.54) is 32.3 Å². The number of rotatable bonds is 9. The number of oxazole rings is 1. The molecule has 11 rings (SSSR count). The SMILES string of the molecule is c1ccc(-c2nc3ccc4ccc5ccc(N(c6cccc([Si](c7ccccc7)c7ccccc7)c6)c6ccccc6-c6ccccc6-c6ccccc6)cc5c4c3o2)cc1. The van der Waals surface area contributed by atoms with E-state index in [0.717, 1.165) is 60.8 Å². The van der Waals surface area contributed by atoms with E-state index in [9.17, 15) is 0 Å². The summed E-state index contributed by atoms with van der Waals surface area (Å²) < 4.78 is 6.68. The van der Waals surface area contributed by atoms with Gasteiger partial charge < -0.3 is 9.32 Å². The van der Waals surface area contributed by atoms with Crippen LogP contribution in [-0.2, 0) is 0 Å². The highest BCUT2D eigenvalue weighted by molar-refractivity contribution is 6.95. The molecule has 0 aliphatic carbocycles. The van der Waals surface area contributed by atoms with Gasteiger partial charge in [0.25, 0.3) is 0 Å². The number of benzene rings is 10. The maximum atomic E-state index is 6.68. The lowest BCUT2D eigenvalue weighted by Gasteiger charge is -2.30. The van der Waals surface area contributed by atoms with Crippen LogP contribution in [0.5, 0.6) is 0 Å². The summed E-state index contributed by atoms with van der Waals surface area (Å²) in [5.74, 6) is 0.621. The van der Waals surface area contributed by atoms with Crippen molar-refractivity contribution in [3.63, 3.8) is 0 Å². The molecule has 0 aliphatic heterocycles. The molecule has 0 atom stereocenters.